The summed E-state index contributed by atoms with van der Waals surface area (Å²) < 4.78 is 0. The average Bonchev–Trinajstić information content (AvgIpc) is 2.93. The molecule has 76 valence electrons. The van der Waals surface area contributed by atoms with Gasteiger partial charge in [0.05, 0.1) is 6.54 Å². The number of urea groups is 1. The van der Waals surface area contributed by atoms with Gasteiger partial charge < -0.3 is 15.7 Å². The van der Waals surface area contributed by atoms with Crippen molar-refractivity contribution in [1.82, 2.24) is 10.6 Å². The van der Waals surface area contributed by atoms with Gasteiger partial charge in [0.25, 0.3) is 0 Å². The van der Waals surface area contributed by atoms with Crippen molar-refractivity contribution in [2.75, 3.05) is 6.54 Å². The first-order valence-electron chi connectivity index (χ1n) is 4.35. The normalized spacial score (nSPS) is 16.5. The monoisotopic (exact) mass is 196 g/mol. The summed E-state index contributed by atoms with van der Waals surface area (Å²) in [5, 5.41) is 13.5. The zero-order chi connectivity index (χ0) is 10.6. The number of carboxylic acids is 1. The van der Waals surface area contributed by atoms with Gasteiger partial charge in [-0.2, -0.15) is 0 Å². The van der Waals surface area contributed by atoms with Crippen molar-refractivity contribution in [1.29, 1.82) is 0 Å². The maximum atomic E-state index is 11.1. The van der Waals surface area contributed by atoms with E-state index in [0.717, 1.165) is 12.8 Å². The van der Waals surface area contributed by atoms with Crippen LogP contribution < -0.4 is 10.6 Å². The van der Waals surface area contributed by atoms with Crippen LogP contribution in [0.5, 0.6) is 0 Å². The molecule has 0 aromatic rings. The number of aliphatic carboxylic acids is 1. The molecule has 0 heterocycles. The lowest BCUT2D eigenvalue weighted by atomic mass is 10.2. The Bertz CT molecular complexity index is 278. The molecule has 0 radical (unpaired) electrons. The molecule has 0 saturated heterocycles. The van der Waals surface area contributed by atoms with Crippen LogP contribution in [0.4, 0.5) is 4.79 Å². The first-order chi connectivity index (χ1) is 6.65. The Hall–Kier alpha value is -1.70. The highest BCUT2D eigenvalue weighted by Gasteiger charge is 2.37. The molecule has 3 N–H and O–H groups in total. The minimum absolute atomic E-state index is 0.0732. The van der Waals surface area contributed by atoms with E-state index in [1.165, 1.54) is 0 Å². The summed E-state index contributed by atoms with van der Waals surface area (Å²) in [6, 6.07) is -1.31. The predicted octanol–water partition coefficient (Wildman–Crippen LogP) is -0.218. The molecule has 0 spiro atoms. The summed E-state index contributed by atoms with van der Waals surface area (Å²) in [6.07, 6.45) is 6.64. The van der Waals surface area contributed by atoms with Gasteiger partial charge in [-0.05, 0) is 18.8 Å². The third-order valence-corrected chi connectivity index (χ3v) is 2.00. The minimum Gasteiger partial charge on any atom is -0.480 e. The topological polar surface area (TPSA) is 78.4 Å². The molecule has 0 aromatic heterocycles. The highest BCUT2D eigenvalue weighted by Crippen LogP contribution is 2.32. The van der Waals surface area contributed by atoms with Crippen molar-refractivity contribution in [2.24, 2.45) is 5.92 Å². The molecule has 5 nitrogen and oxygen atoms in total. The first kappa shape index (κ1) is 10.4. The van der Waals surface area contributed by atoms with Gasteiger partial charge in [0.15, 0.2) is 0 Å². The number of carbonyl (C=O) groups excluding carboxylic acids is 1. The zero-order valence-electron chi connectivity index (χ0n) is 7.62. The molecule has 0 bridgehead atoms. The zero-order valence-corrected chi connectivity index (χ0v) is 7.62. The molecular formula is C9H12N2O3. The molecular weight excluding hydrogens is 184 g/mol. The fourth-order valence-electron chi connectivity index (χ4n) is 1.13. The first-order valence-corrected chi connectivity index (χ1v) is 4.35. The predicted molar refractivity (Wildman–Crippen MR) is 49.5 cm³/mol. The summed E-state index contributed by atoms with van der Waals surface area (Å²) >= 11 is 0. The summed E-state index contributed by atoms with van der Waals surface area (Å²) in [5.41, 5.74) is 0. The van der Waals surface area contributed by atoms with E-state index in [0.29, 0.717) is 0 Å². The molecule has 14 heavy (non-hydrogen) atoms. The van der Waals surface area contributed by atoms with Gasteiger partial charge in [-0.1, -0.05) is 5.92 Å². The lowest BCUT2D eigenvalue weighted by Gasteiger charge is -2.13. The number of hydrogen-bond donors (Lipinski definition) is 3. The van der Waals surface area contributed by atoms with Crippen LogP contribution in [0.2, 0.25) is 0 Å². The number of terminal acetylenes is 1. The maximum Gasteiger partial charge on any atom is 0.326 e. The highest BCUT2D eigenvalue weighted by atomic mass is 16.4. The maximum absolute atomic E-state index is 11.1. The molecule has 1 atom stereocenters. The summed E-state index contributed by atoms with van der Waals surface area (Å²) in [7, 11) is 0. The molecule has 1 rings (SSSR count). The van der Waals surface area contributed by atoms with E-state index in [4.69, 9.17) is 11.5 Å². The summed E-state index contributed by atoms with van der Waals surface area (Å²) in [5.74, 6) is 1.30. The molecule has 1 aliphatic carbocycles. The SMILES string of the molecule is C#CCNC(=O)NC(C(=O)O)C1CC1. The van der Waals surface area contributed by atoms with Gasteiger partial charge in [0, 0.05) is 0 Å². The van der Waals surface area contributed by atoms with E-state index < -0.39 is 18.0 Å². The molecule has 5 heteroatoms. The Morgan fingerprint density at radius 2 is 2.21 bits per heavy atom. The van der Waals surface area contributed by atoms with Crippen molar-refractivity contribution in [3.05, 3.63) is 0 Å². The van der Waals surface area contributed by atoms with E-state index in [1.807, 2.05) is 0 Å². The Morgan fingerprint density at radius 1 is 1.57 bits per heavy atom. The second-order valence-electron chi connectivity index (χ2n) is 3.18. The Morgan fingerprint density at radius 3 is 2.64 bits per heavy atom. The Balaban J connectivity index is 2.36. The van der Waals surface area contributed by atoms with Crippen LogP contribution in [0.25, 0.3) is 0 Å². The van der Waals surface area contributed by atoms with Crippen molar-refractivity contribution in [3.8, 4) is 12.3 Å². The van der Waals surface area contributed by atoms with Crippen LogP contribution >= 0.6 is 0 Å². The Labute approximate surface area is 81.9 Å². The second-order valence-corrected chi connectivity index (χ2v) is 3.18. The van der Waals surface area contributed by atoms with Crippen molar-refractivity contribution < 1.29 is 14.7 Å². The van der Waals surface area contributed by atoms with E-state index in [9.17, 15) is 9.59 Å². The smallest absolute Gasteiger partial charge is 0.326 e. The molecule has 1 aliphatic rings. The van der Waals surface area contributed by atoms with Gasteiger partial charge in [0.2, 0.25) is 0 Å². The molecule has 2 amide bonds. The van der Waals surface area contributed by atoms with Crippen molar-refractivity contribution >= 4 is 12.0 Å². The van der Waals surface area contributed by atoms with E-state index in [2.05, 4.69) is 16.6 Å². The van der Waals surface area contributed by atoms with Gasteiger partial charge in [-0.15, -0.1) is 6.42 Å². The summed E-state index contributed by atoms with van der Waals surface area (Å²) in [4.78, 5) is 21.8. The largest absolute Gasteiger partial charge is 0.480 e. The number of amides is 2. The van der Waals surface area contributed by atoms with Crippen molar-refractivity contribution in [2.45, 2.75) is 18.9 Å². The van der Waals surface area contributed by atoms with Gasteiger partial charge >= 0.3 is 12.0 Å². The quantitative estimate of drug-likeness (QED) is 0.544. The number of carboxylic acid groups (broad SMARTS) is 1. The third kappa shape index (κ3) is 2.98. The second kappa shape index (κ2) is 4.51. The van der Waals surface area contributed by atoms with E-state index >= 15 is 0 Å². The van der Waals surface area contributed by atoms with Crippen LogP contribution in [-0.4, -0.2) is 29.7 Å². The third-order valence-electron chi connectivity index (χ3n) is 2.00. The molecule has 0 aromatic carbocycles. The summed E-state index contributed by atoms with van der Waals surface area (Å²) in [6.45, 7) is 0.100. The Kier molecular flexibility index (Phi) is 3.35. The van der Waals surface area contributed by atoms with Crippen LogP contribution in [0.15, 0.2) is 0 Å². The number of carbonyl (C=O) groups is 2. The van der Waals surface area contributed by atoms with E-state index in [-0.39, 0.29) is 12.5 Å². The fourth-order valence-corrected chi connectivity index (χ4v) is 1.13. The van der Waals surface area contributed by atoms with Crippen LogP contribution in [0.1, 0.15) is 12.8 Å². The van der Waals surface area contributed by atoms with Gasteiger partial charge in [-0.3, -0.25) is 0 Å². The fraction of sp³-hybridized carbons (Fsp3) is 0.556. The average molecular weight is 196 g/mol. The molecule has 1 fully saturated rings. The molecule has 1 unspecified atom stereocenters. The van der Waals surface area contributed by atoms with Crippen LogP contribution in [0.3, 0.4) is 0 Å². The number of nitrogens with one attached hydrogen (secondary N) is 2. The number of hydrogen-bond acceptors (Lipinski definition) is 2. The van der Waals surface area contributed by atoms with Gasteiger partial charge in [0.1, 0.15) is 6.04 Å². The van der Waals surface area contributed by atoms with Crippen LogP contribution in [-0.2, 0) is 4.79 Å². The van der Waals surface area contributed by atoms with Crippen LogP contribution in [0, 0.1) is 18.3 Å². The van der Waals surface area contributed by atoms with Gasteiger partial charge in [-0.25, -0.2) is 9.59 Å². The minimum atomic E-state index is -0.997. The van der Waals surface area contributed by atoms with Crippen molar-refractivity contribution in [3.63, 3.8) is 0 Å². The standard InChI is InChI=1S/C9H12N2O3/c1-2-5-10-9(14)11-7(8(12)13)6-3-4-6/h1,6-7H,3-5H2,(H,12,13)(H2,10,11,14). The molecule has 1 saturated carbocycles. The molecule has 0 aliphatic heterocycles. The van der Waals surface area contributed by atoms with E-state index in [1.54, 1.807) is 0 Å². The lowest BCUT2D eigenvalue weighted by molar-refractivity contribution is -0.139. The highest BCUT2D eigenvalue weighted by molar-refractivity contribution is 5.83. The lowest BCUT2D eigenvalue weighted by Crippen LogP contribution is -2.47. The number of rotatable bonds is 4.